The highest BCUT2D eigenvalue weighted by Crippen LogP contribution is 2.11. The first-order valence-corrected chi connectivity index (χ1v) is 7.80. The summed E-state index contributed by atoms with van der Waals surface area (Å²) in [5.41, 5.74) is 2.36. The molecule has 5 nitrogen and oxygen atoms in total. The summed E-state index contributed by atoms with van der Waals surface area (Å²) in [6, 6.07) is 16.8. The molecule has 2 aromatic rings. The van der Waals surface area contributed by atoms with Gasteiger partial charge in [-0.15, -0.1) is 0 Å². The summed E-state index contributed by atoms with van der Waals surface area (Å²) in [6.07, 6.45) is 0. The van der Waals surface area contributed by atoms with E-state index < -0.39 is 0 Å². The van der Waals surface area contributed by atoms with Gasteiger partial charge in [0.1, 0.15) is 0 Å². The molecule has 126 valence electrons. The molecule has 24 heavy (non-hydrogen) atoms. The van der Waals surface area contributed by atoms with Crippen LogP contribution in [-0.4, -0.2) is 49.3 Å². The van der Waals surface area contributed by atoms with E-state index >= 15 is 0 Å². The normalized spacial score (nSPS) is 10.5. The highest BCUT2D eigenvalue weighted by atomic mass is 16.2. The number of nitrogens with zero attached hydrogens (tertiary/aromatic N) is 2. The van der Waals surface area contributed by atoms with E-state index in [1.54, 1.807) is 25.1 Å². The van der Waals surface area contributed by atoms with Crippen molar-refractivity contribution >= 4 is 17.5 Å². The summed E-state index contributed by atoms with van der Waals surface area (Å²) in [5.74, 6) is -0.0921. The van der Waals surface area contributed by atoms with Crippen LogP contribution in [0.1, 0.15) is 15.9 Å². The van der Waals surface area contributed by atoms with Gasteiger partial charge >= 0.3 is 0 Å². The quantitative estimate of drug-likeness (QED) is 0.887. The zero-order valence-electron chi connectivity index (χ0n) is 14.3. The van der Waals surface area contributed by atoms with Gasteiger partial charge in [-0.05, 0) is 36.9 Å². The molecule has 0 aliphatic rings. The minimum absolute atomic E-state index is 0.0514. The molecule has 0 saturated carbocycles. The zero-order valence-corrected chi connectivity index (χ0v) is 14.3. The van der Waals surface area contributed by atoms with Crippen molar-refractivity contribution in [2.24, 2.45) is 0 Å². The summed E-state index contributed by atoms with van der Waals surface area (Å²) in [5, 5.41) is 2.87. The van der Waals surface area contributed by atoms with Crippen molar-refractivity contribution in [2.75, 3.05) is 33.0 Å². The van der Waals surface area contributed by atoms with Gasteiger partial charge in [-0.1, -0.05) is 30.3 Å². The number of hydrogen-bond acceptors (Lipinski definition) is 3. The molecular weight excluding hydrogens is 302 g/mol. The third-order valence-electron chi connectivity index (χ3n) is 3.58. The molecule has 0 unspecified atom stereocenters. The summed E-state index contributed by atoms with van der Waals surface area (Å²) in [6.45, 7) is 0.944. The second kappa shape index (κ2) is 8.26. The average Bonchev–Trinajstić information content (AvgIpc) is 2.55. The molecule has 2 rings (SSSR count). The van der Waals surface area contributed by atoms with Gasteiger partial charge in [-0.3, -0.25) is 14.5 Å². The molecule has 0 atom stereocenters. The third-order valence-corrected chi connectivity index (χ3v) is 3.58. The summed E-state index contributed by atoms with van der Waals surface area (Å²) < 4.78 is 0. The molecule has 1 N–H and O–H groups in total. The van der Waals surface area contributed by atoms with E-state index in [0.717, 1.165) is 11.3 Å². The Balaban J connectivity index is 2.00. The molecule has 0 bridgehead atoms. The fourth-order valence-electron chi connectivity index (χ4n) is 2.28. The Hall–Kier alpha value is -2.66. The average molecular weight is 325 g/mol. The number of anilines is 1. The van der Waals surface area contributed by atoms with Crippen molar-refractivity contribution in [3.8, 4) is 0 Å². The Morgan fingerprint density at radius 3 is 2.33 bits per heavy atom. The molecule has 2 amide bonds. The Morgan fingerprint density at radius 2 is 1.67 bits per heavy atom. The lowest BCUT2D eigenvalue weighted by Crippen LogP contribution is -2.34. The van der Waals surface area contributed by atoms with Crippen LogP contribution in [-0.2, 0) is 11.3 Å². The first-order chi connectivity index (χ1) is 11.5. The van der Waals surface area contributed by atoms with E-state index in [1.807, 2.05) is 60.5 Å². The SMILES string of the molecule is CN(CC(=O)N(C)C)Cc1cccc(C(=O)Nc2ccccc2)c1. The first-order valence-electron chi connectivity index (χ1n) is 7.80. The maximum atomic E-state index is 12.3. The van der Waals surface area contributed by atoms with Crippen LogP contribution in [0.2, 0.25) is 0 Å². The standard InChI is InChI=1S/C19H23N3O2/c1-21(2)18(23)14-22(3)13-15-8-7-9-16(12-15)19(24)20-17-10-5-4-6-11-17/h4-12H,13-14H2,1-3H3,(H,20,24). The van der Waals surface area contributed by atoms with Gasteiger partial charge in [-0.25, -0.2) is 0 Å². The van der Waals surface area contributed by atoms with E-state index in [2.05, 4.69) is 5.32 Å². The van der Waals surface area contributed by atoms with Crippen molar-refractivity contribution in [1.29, 1.82) is 0 Å². The van der Waals surface area contributed by atoms with Crippen LogP contribution in [0, 0.1) is 0 Å². The third kappa shape index (κ3) is 5.21. The maximum Gasteiger partial charge on any atom is 0.255 e. The lowest BCUT2D eigenvalue weighted by Gasteiger charge is -2.19. The molecule has 0 spiro atoms. The molecule has 2 aromatic carbocycles. The van der Waals surface area contributed by atoms with E-state index in [-0.39, 0.29) is 11.8 Å². The second-order valence-corrected chi connectivity index (χ2v) is 5.98. The molecule has 0 aromatic heterocycles. The number of amides is 2. The number of benzene rings is 2. The number of likely N-dealkylation sites (N-methyl/N-ethyl adjacent to an activating group) is 2. The van der Waals surface area contributed by atoms with Crippen molar-refractivity contribution in [1.82, 2.24) is 9.80 Å². The topological polar surface area (TPSA) is 52.7 Å². The van der Waals surface area contributed by atoms with Crippen LogP contribution >= 0.6 is 0 Å². The highest BCUT2D eigenvalue weighted by Gasteiger charge is 2.11. The Kier molecular flexibility index (Phi) is 6.09. The van der Waals surface area contributed by atoms with E-state index in [9.17, 15) is 9.59 Å². The number of nitrogens with one attached hydrogen (secondary N) is 1. The molecular formula is C19H23N3O2. The van der Waals surface area contributed by atoms with Crippen LogP contribution in [0.25, 0.3) is 0 Å². The fraction of sp³-hybridized carbons (Fsp3) is 0.263. The lowest BCUT2D eigenvalue weighted by atomic mass is 10.1. The van der Waals surface area contributed by atoms with E-state index in [1.165, 1.54) is 0 Å². The number of rotatable bonds is 6. The van der Waals surface area contributed by atoms with Gasteiger partial charge in [0, 0.05) is 31.9 Å². The monoisotopic (exact) mass is 325 g/mol. The summed E-state index contributed by atoms with van der Waals surface area (Å²) in [7, 11) is 5.37. The van der Waals surface area contributed by atoms with Crippen LogP contribution in [0.4, 0.5) is 5.69 Å². The molecule has 0 aliphatic carbocycles. The van der Waals surface area contributed by atoms with Crippen LogP contribution in [0.5, 0.6) is 0 Å². The van der Waals surface area contributed by atoms with Gasteiger partial charge < -0.3 is 10.2 Å². The van der Waals surface area contributed by atoms with Gasteiger partial charge in [0.2, 0.25) is 5.91 Å². The van der Waals surface area contributed by atoms with Crippen molar-refractivity contribution < 1.29 is 9.59 Å². The molecule has 0 heterocycles. The van der Waals surface area contributed by atoms with Crippen molar-refractivity contribution in [2.45, 2.75) is 6.54 Å². The minimum atomic E-state index is -0.143. The smallest absolute Gasteiger partial charge is 0.255 e. The van der Waals surface area contributed by atoms with E-state index in [0.29, 0.717) is 18.7 Å². The van der Waals surface area contributed by atoms with Gasteiger partial charge in [0.05, 0.1) is 6.54 Å². The number of para-hydroxylation sites is 1. The minimum Gasteiger partial charge on any atom is -0.348 e. The van der Waals surface area contributed by atoms with Crippen molar-refractivity contribution in [3.63, 3.8) is 0 Å². The Labute approximate surface area is 142 Å². The van der Waals surface area contributed by atoms with Crippen LogP contribution in [0.3, 0.4) is 0 Å². The van der Waals surface area contributed by atoms with E-state index in [4.69, 9.17) is 0 Å². The predicted molar refractivity (Wildman–Crippen MR) is 95.9 cm³/mol. The second-order valence-electron chi connectivity index (χ2n) is 5.98. The first kappa shape index (κ1) is 17.7. The lowest BCUT2D eigenvalue weighted by molar-refractivity contribution is -0.129. The fourth-order valence-corrected chi connectivity index (χ4v) is 2.28. The Bertz CT molecular complexity index is 699. The number of carbonyl (C=O) groups is 2. The number of hydrogen-bond donors (Lipinski definition) is 1. The van der Waals surface area contributed by atoms with Crippen LogP contribution < -0.4 is 5.32 Å². The van der Waals surface area contributed by atoms with Gasteiger partial charge in [0.25, 0.3) is 5.91 Å². The predicted octanol–water partition coefficient (Wildman–Crippen LogP) is 2.46. The maximum absolute atomic E-state index is 12.3. The molecule has 0 aliphatic heterocycles. The molecule has 5 heteroatoms. The Morgan fingerprint density at radius 1 is 0.958 bits per heavy atom. The molecule has 0 saturated heterocycles. The van der Waals surface area contributed by atoms with Gasteiger partial charge in [0.15, 0.2) is 0 Å². The molecule has 0 radical (unpaired) electrons. The van der Waals surface area contributed by atoms with Crippen molar-refractivity contribution in [3.05, 3.63) is 65.7 Å². The molecule has 0 fully saturated rings. The largest absolute Gasteiger partial charge is 0.348 e. The number of carbonyl (C=O) groups excluding carboxylic acids is 2. The van der Waals surface area contributed by atoms with Crippen LogP contribution in [0.15, 0.2) is 54.6 Å². The van der Waals surface area contributed by atoms with Gasteiger partial charge in [-0.2, -0.15) is 0 Å². The summed E-state index contributed by atoms with van der Waals surface area (Å²) >= 11 is 0. The highest BCUT2D eigenvalue weighted by molar-refractivity contribution is 6.04. The summed E-state index contributed by atoms with van der Waals surface area (Å²) in [4.78, 5) is 27.6. The zero-order chi connectivity index (χ0) is 17.5.